The number of benzene rings is 1. The topological polar surface area (TPSA) is 38.3 Å². The summed E-state index contributed by atoms with van der Waals surface area (Å²) >= 11 is 0. The van der Waals surface area contributed by atoms with Crippen LogP contribution in [0, 0.1) is 6.92 Å². The normalized spacial score (nSPS) is 20.2. The molecule has 1 heterocycles. The van der Waals surface area contributed by atoms with Crippen LogP contribution in [0.1, 0.15) is 24.2 Å². The van der Waals surface area contributed by atoms with Crippen molar-refractivity contribution in [2.45, 2.75) is 20.0 Å². The van der Waals surface area contributed by atoms with Gasteiger partial charge in [-0.15, -0.1) is 0 Å². The van der Waals surface area contributed by atoms with Gasteiger partial charge in [0, 0.05) is 5.56 Å². The van der Waals surface area contributed by atoms with E-state index >= 15 is 0 Å². The van der Waals surface area contributed by atoms with Gasteiger partial charge < -0.3 is 4.74 Å². The van der Waals surface area contributed by atoms with Crippen LogP contribution in [0.3, 0.4) is 0 Å². The predicted octanol–water partition coefficient (Wildman–Crippen LogP) is 2.62. The van der Waals surface area contributed by atoms with Crippen molar-refractivity contribution in [2.75, 3.05) is 5.32 Å². The van der Waals surface area contributed by atoms with Crippen LogP contribution < -0.4 is 5.32 Å². The van der Waals surface area contributed by atoms with E-state index < -0.39 is 0 Å². The number of hydrogen-bond acceptors (Lipinski definition) is 2. The summed E-state index contributed by atoms with van der Waals surface area (Å²) < 4.78 is 5.04. The predicted molar refractivity (Wildman–Crippen MR) is 49.7 cm³/mol. The highest BCUT2D eigenvalue weighted by atomic mass is 16.6. The summed E-state index contributed by atoms with van der Waals surface area (Å²) in [7, 11) is 0. The molecule has 0 saturated carbocycles. The Morgan fingerprint density at radius 2 is 2.23 bits per heavy atom. The lowest BCUT2D eigenvalue weighted by atomic mass is 10.0. The first-order valence-corrected chi connectivity index (χ1v) is 4.25. The molecular formula is C10H11NO2. The van der Waals surface area contributed by atoms with E-state index in [1.807, 2.05) is 32.0 Å². The second-order valence-corrected chi connectivity index (χ2v) is 3.21. The smallest absolute Gasteiger partial charge is 0.412 e. The SMILES string of the molecule is Cc1cccc2c1C(C)OC(=O)N2. The van der Waals surface area contributed by atoms with E-state index in [9.17, 15) is 4.79 Å². The van der Waals surface area contributed by atoms with Gasteiger partial charge in [0.2, 0.25) is 0 Å². The quantitative estimate of drug-likeness (QED) is 0.661. The Labute approximate surface area is 76.7 Å². The molecule has 3 heteroatoms. The van der Waals surface area contributed by atoms with E-state index in [4.69, 9.17) is 4.74 Å². The van der Waals surface area contributed by atoms with Crippen LogP contribution in [0.5, 0.6) is 0 Å². The van der Waals surface area contributed by atoms with E-state index in [2.05, 4.69) is 5.32 Å². The number of carbonyl (C=O) groups is 1. The molecule has 1 aliphatic heterocycles. The number of rotatable bonds is 0. The number of amides is 1. The number of carbonyl (C=O) groups excluding carboxylic acids is 1. The Hall–Kier alpha value is -1.51. The first-order chi connectivity index (χ1) is 6.18. The molecule has 3 nitrogen and oxygen atoms in total. The van der Waals surface area contributed by atoms with Crippen molar-refractivity contribution in [3.63, 3.8) is 0 Å². The Bertz CT molecular complexity index is 360. The fraction of sp³-hybridized carbons (Fsp3) is 0.300. The van der Waals surface area contributed by atoms with Crippen molar-refractivity contribution in [3.8, 4) is 0 Å². The van der Waals surface area contributed by atoms with Gasteiger partial charge in [-0.3, -0.25) is 5.32 Å². The standard InChI is InChI=1S/C10H11NO2/c1-6-4-3-5-8-9(6)7(2)13-10(12)11-8/h3-5,7H,1-2H3,(H,11,12). The Balaban J connectivity index is 2.55. The van der Waals surface area contributed by atoms with E-state index in [1.165, 1.54) is 0 Å². The largest absolute Gasteiger partial charge is 0.441 e. The summed E-state index contributed by atoms with van der Waals surface area (Å²) in [6.07, 6.45) is -0.518. The lowest BCUT2D eigenvalue weighted by Gasteiger charge is -2.24. The van der Waals surface area contributed by atoms with E-state index in [0.29, 0.717) is 0 Å². The average molecular weight is 177 g/mol. The fourth-order valence-corrected chi connectivity index (χ4v) is 1.69. The number of nitrogens with one attached hydrogen (secondary N) is 1. The van der Waals surface area contributed by atoms with Crippen molar-refractivity contribution in [2.24, 2.45) is 0 Å². The van der Waals surface area contributed by atoms with Gasteiger partial charge in [-0.2, -0.15) is 0 Å². The lowest BCUT2D eigenvalue weighted by Crippen LogP contribution is -2.23. The third kappa shape index (κ3) is 1.26. The maximum Gasteiger partial charge on any atom is 0.412 e. The molecule has 1 unspecified atom stereocenters. The molecule has 0 aromatic heterocycles. The Kier molecular flexibility index (Phi) is 1.72. The number of fused-ring (bicyclic) bond motifs is 1. The number of hydrogen-bond donors (Lipinski definition) is 1. The second-order valence-electron chi connectivity index (χ2n) is 3.21. The highest BCUT2D eigenvalue weighted by Crippen LogP contribution is 2.32. The third-order valence-electron chi connectivity index (χ3n) is 2.25. The van der Waals surface area contributed by atoms with Crippen molar-refractivity contribution in [1.82, 2.24) is 0 Å². The van der Waals surface area contributed by atoms with Gasteiger partial charge >= 0.3 is 6.09 Å². The molecule has 1 aromatic carbocycles. The number of anilines is 1. The maximum atomic E-state index is 11.0. The van der Waals surface area contributed by atoms with Gasteiger partial charge in [-0.25, -0.2) is 4.79 Å². The van der Waals surface area contributed by atoms with Crippen molar-refractivity contribution >= 4 is 11.8 Å². The molecule has 1 atom stereocenters. The minimum Gasteiger partial charge on any atom is -0.441 e. The molecule has 0 saturated heterocycles. The fourth-order valence-electron chi connectivity index (χ4n) is 1.69. The Morgan fingerprint density at radius 1 is 1.46 bits per heavy atom. The van der Waals surface area contributed by atoms with Crippen molar-refractivity contribution in [1.29, 1.82) is 0 Å². The molecule has 0 spiro atoms. The summed E-state index contributed by atoms with van der Waals surface area (Å²) in [5.41, 5.74) is 3.08. The summed E-state index contributed by atoms with van der Waals surface area (Å²) in [4.78, 5) is 11.0. The van der Waals surface area contributed by atoms with Crippen LogP contribution in [0.25, 0.3) is 0 Å². The van der Waals surface area contributed by atoms with Gasteiger partial charge in [0.25, 0.3) is 0 Å². The zero-order valence-corrected chi connectivity index (χ0v) is 7.63. The molecule has 1 amide bonds. The maximum absolute atomic E-state index is 11.0. The third-order valence-corrected chi connectivity index (χ3v) is 2.25. The molecule has 0 radical (unpaired) electrons. The van der Waals surface area contributed by atoms with Gasteiger partial charge in [0.05, 0.1) is 5.69 Å². The zero-order valence-electron chi connectivity index (χ0n) is 7.63. The average Bonchev–Trinajstić information content (AvgIpc) is 2.02. The molecule has 68 valence electrons. The van der Waals surface area contributed by atoms with Gasteiger partial charge in [-0.05, 0) is 25.5 Å². The second kappa shape index (κ2) is 2.76. The number of ether oxygens (including phenoxy) is 1. The van der Waals surface area contributed by atoms with E-state index in [0.717, 1.165) is 16.8 Å². The molecule has 1 N–H and O–H groups in total. The van der Waals surface area contributed by atoms with E-state index in [-0.39, 0.29) is 12.2 Å². The van der Waals surface area contributed by atoms with Crippen molar-refractivity contribution in [3.05, 3.63) is 29.3 Å². The highest BCUT2D eigenvalue weighted by Gasteiger charge is 2.23. The molecule has 0 fully saturated rings. The number of aryl methyl sites for hydroxylation is 1. The number of cyclic esters (lactones) is 1. The van der Waals surface area contributed by atoms with Crippen LogP contribution in [0.15, 0.2) is 18.2 Å². The molecule has 13 heavy (non-hydrogen) atoms. The first kappa shape index (κ1) is 8.10. The molecule has 1 aliphatic rings. The summed E-state index contributed by atoms with van der Waals surface area (Å²) in [5.74, 6) is 0. The summed E-state index contributed by atoms with van der Waals surface area (Å²) in [6, 6.07) is 5.82. The summed E-state index contributed by atoms with van der Waals surface area (Å²) in [5, 5.41) is 2.67. The highest BCUT2D eigenvalue weighted by molar-refractivity contribution is 5.88. The first-order valence-electron chi connectivity index (χ1n) is 4.25. The zero-order chi connectivity index (χ0) is 9.42. The van der Waals surface area contributed by atoms with Gasteiger partial charge in [0.1, 0.15) is 6.10 Å². The minimum atomic E-state index is -0.370. The van der Waals surface area contributed by atoms with Gasteiger partial charge in [-0.1, -0.05) is 12.1 Å². The van der Waals surface area contributed by atoms with Crippen LogP contribution in [0.4, 0.5) is 10.5 Å². The summed E-state index contributed by atoms with van der Waals surface area (Å²) in [6.45, 7) is 3.89. The monoisotopic (exact) mass is 177 g/mol. The van der Waals surface area contributed by atoms with Crippen molar-refractivity contribution < 1.29 is 9.53 Å². The van der Waals surface area contributed by atoms with Crippen LogP contribution >= 0.6 is 0 Å². The molecule has 2 rings (SSSR count). The minimum absolute atomic E-state index is 0.148. The Morgan fingerprint density at radius 3 is 3.00 bits per heavy atom. The van der Waals surface area contributed by atoms with Gasteiger partial charge in [0.15, 0.2) is 0 Å². The molecule has 0 aliphatic carbocycles. The lowest BCUT2D eigenvalue weighted by molar-refractivity contribution is 0.116. The van der Waals surface area contributed by atoms with Crippen LogP contribution in [0.2, 0.25) is 0 Å². The molecular weight excluding hydrogens is 166 g/mol. The molecule has 1 aromatic rings. The van der Waals surface area contributed by atoms with E-state index in [1.54, 1.807) is 0 Å². The van der Waals surface area contributed by atoms with Crippen LogP contribution in [-0.2, 0) is 4.74 Å². The molecule has 0 bridgehead atoms. The van der Waals surface area contributed by atoms with Crippen LogP contribution in [-0.4, -0.2) is 6.09 Å².